The van der Waals surface area contributed by atoms with Gasteiger partial charge in [-0.15, -0.1) is 0 Å². The van der Waals surface area contributed by atoms with E-state index < -0.39 is 0 Å². The quantitative estimate of drug-likeness (QED) is 0.706. The van der Waals surface area contributed by atoms with E-state index in [0.717, 1.165) is 38.5 Å². The molecule has 1 unspecified atom stereocenters. The van der Waals surface area contributed by atoms with E-state index in [2.05, 4.69) is 34.1 Å². The normalized spacial score (nSPS) is 21.0. The maximum Gasteiger partial charge on any atom is 0.251 e. The Kier molecular flexibility index (Phi) is 5.92. The number of hydrogen-bond acceptors (Lipinski definition) is 5. The summed E-state index contributed by atoms with van der Waals surface area (Å²) in [6, 6.07) is 17.2. The van der Waals surface area contributed by atoms with E-state index in [1.807, 2.05) is 13.0 Å². The minimum Gasteiger partial charge on any atom is -0.494 e. The molecular formula is C23H27N3O3. The first kappa shape index (κ1) is 19.6. The lowest BCUT2D eigenvalue weighted by atomic mass is 10.1. The topological polar surface area (TPSA) is 53.1 Å². The summed E-state index contributed by atoms with van der Waals surface area (Å²) in [5.41, 5.74) is 1.92. The molecule has 0 aliphatic carbocycles. The standard InChI is InChI=1S/C23H27N3O3/c1-2-29-20-10-8-19(9-11-20)26-22(27)16-21(23(26)28)25-14-12-24(13-15-25)17-18-6-4-3-5-7-18/h3-11,21H,2,12-17H2,1H3. The van der Waals surface area contributed by atoms with E-state index >= 15 is 0 Å². The van der Waals surface area contributed by atoms with Crippen LogP contribution in [-0.2, 0) is 16.1 Å². The highest BCUT2D eigenvalue weighted by Crippen LogP contribution is 2.28. The number of imide groups is 1. The molecule has 2 fully saturated rings. The summed E-state index contributed by atoms with van der Waals surface area (Å²) in [6.07, 6.45) is 0.255. The number of nitrogens with zero attached hydrogens (tertiary/aromatic N) is 3. The number of ether oxygens (including phenoxy) is 1. The zero-order valence-electron chi connectivity index (χ0n) is 16.8. The van der Waals surface area contributed by atoms with Crippen LogP contribution in [0.25, 0.3) is 0 Å². The molecule has 152 valence electrons. The van der Waals surface area contributed by atoms with Crippen molar-refractivity contribution in [2.75, 3.05) is 37.7 Å². The molecule has 2 amide bonds. The van der Waals surface area contributed by atoms with Gasteiger partial charge in [0.15, 0.2) is 0 Å². The second kappa shape index (κ2) is 8.76. The summed E-state index contributed by atoms with van der Waals surface area (Å²) in [7, 11) is 0. The number of rotatable bonds is 6. The summed E-state index contributed by atoms with van der Waals surface area (Å²) in [6.45, 7) is 6.82. The van der Waals surface area contributed by atoms with Crippen molar-refractivity contribution in [1.29, 1.82) is 0 Å². The van der Waals surface area contributed by atoms with Crippen LogP contribution in [0.4, 0.5) is 5.69 Å². The van der Waals surface area contributed by atoms with E-state index in [9.17, 15) is 9.59 Å². The summed E-state index contributed by atoms with van der Waals surface area (Å²) in [5, 5.41) is 0. The predicted molar refractivity (Wildman–Crippen MR) is 112 cm³/mol. The van der Waals surface area contributed by atoms with Crippen molar-refractivity contribution in [1.82, 2.24) is 9.80 Å². The molecule has 2 aliphatic rings. The highest BCUT2D eigenvalue weighted by molar-refractivity contribution is 6.22. The fourth-order valence-electron chi connectivity index (χ4n) is 4.11. The van der Waals surface area contributed by atoms with Crippen LogP contribution in [0.1, 0.15) is 18.9 Å². The lowest BCUT2D eigenvalue weighted by molar-refractivity contribution is -0.123. The SMILES string of the molecule is CCOc1ccc(N2C(=O)CC(N3CCN(Cc4ccccc4)CC3)C2=O)cc1. The van der Waals surface area contributed by atoms with Crippen molar-refractivity contribution in [3.8, 4) is 5.75 Å². The van der Waals surface area contributed by atoms with Gasteiger partial charge in [-0.05, 0) is 36.8 Å². The van der Waals surface area contributed by atoms with Crippen LogP contribution < -0.4 is 9.64 Å². The van der Waals surface area contributed by atoms with Gasteiger partial charge in [0, 0.05) is 32.7 Å². The lowest BCUT2D eigenvalue weighted by Crippen LogP contribution is -2.52. The first-order valence-electron chi connectivity index (χ1n) is 10.3. The van der Waals surface area contributed by atoms with Crippen LogP contribution in [0.15, 0.2) is 54.6 Å². The minimum absolute atomic E-state index is 0.115. The fraction of sp³-hybridized carbons (Fsp3) is 0.391. The Labute approximate surface area is 171 Å². The molecule has 6 nitrogen and oxygen atoms in total. The third-order valence-electron chi connectivity index (χ3n) is 5.63. The van der Waals surface area contributed by atoms with Crippen LogP contribution in [0.2, 0.25) is 0 Å². The number of hydrogen-bond donors (Lipinski definition) is 0. The Morgan fingerprint density at radius 3 is 2.28 bits per heavy atom. The molecule has 2 saturated heterocycles. The highest BCUT2D eigenvalue weighted by Gasteiger charge is 2.43. The van der Waals surface area contributed by atoms with Gasteiger partial charge in [-0.3, -0.25) is 19.4 Å². The first-order chi connectivity index (χ1) is 14.2. The van der Waals surface area contributed by atoms with E-state index in [0.29, 0.717) is 12.3 Å². The van der Waals surface area contributed by atoms with Gasteiger partial charge in [-0.1, -0.05) is 30.3 Å². The van der Waals surface area contributed by atoms with Gasteiger partial charge in [0.1, 0.15) is 5.75 Å². The molecule has 2 heterocycles. The zero-order valence-corrected chi connectivity index (χ0v) is 16.8. The molecule has 0 radical (unpaired) electrons. The molecule has 0 bridgehead atoms. The summed E-state index contributed by atoms with van der Waals surface area (Å²) >= 11 is 0. The van der Waals surface area contributed by atoms with Gasteiger partial charge in [-0.25, -0.2) is 4.90 Å². The molecular weight excluding hydrogens is 366 g/mol. The number of anilines is 1. The van der Waals surface area contributed by atoms with Crippen molar-refractivity contribution in [2.24, 2.45) is 0 Å². The molecule has 2 aromatic carbocycles. The summed E-state index contributed by atoms with van der Waals surface area (Å²) in [5.74, 6) is 0.493. The Bertz CT molecular complexity index is 845. The second-order valence-electron chi connectivity index (χ2n) is 7.51. The molecule has 0 N–H and O–H groups in total. The molecule has 4 rings (SSSR count). The molecule has 2 aromatic rings. The number of carbonyl (C=O) groups is 2. The Morgan fingerprint density at radius 1 is 0.931 bits per heavy atom. The molecule has 0 spiro atoms. The van der Waals surface area contributed by atoms with E-state index in [-0.39, 0.29) is 24.3 Å². The number of piperazine rings is 1. The third-order valence-corrected chi connectivity index (χ3v) is 5.63. The largest absolute Gasteiger partial charge is 0.494 e. The van der Waals surface area contributed by atoms with Crippen molar-refractivity contribution >= 4 is 17.5 Å². The number of amides is 2. The summed E-state index contributed by atoms with van der Waals surface area (Å²) < 4.78 is 5.44. The van der Waals surface area contributed by atoms with E-state index in [1.54, 1.807) is 24.3 Å². The van der Waals surface area contributed by atoms with Crippen LogP contribution >= 0.6 is 0 Å². The van der Waals surface area contributed by atoms with Crippen LogP contribution in [-0.4, -0.2) is 60.4 Å². The maximum atomic E-state index is 13.0. The second-order valence-corrected chi connectivity index (χ2v) is 7.51. The van der Waals surface area contributed by atoms with Gasteiger partial charge >= 0.3 is 0 Å². The van der Waals surface area contributed by atoms with E-state index in [4.69, 9.17) is 4.74 Å². The molecule has 0 saturated carbocycles. The smallest absolute Gasteiger partial charge is 0.251 e. The number of carbonyl (C=O) groups excluding carboxylic acids is 2. The lowest BCUT2D eigenvalue weighted by Gasteiger charge is -2.37. The van der Waals surface area contributed by atoms with Gasteiger partial charge in [0.25, 0.3) is 5.91 Å². The predicted octanol–water partition coefficient (Wildman–Crippen LogP) is 2.54. The molecule has 1 atom stereocenters. The Balaban J connectivity index is 1.36. The molecule has 6 heteroatoms. The zero-order chi connectivity index (χ0) is 20.2. The van der Waals surface area contributed by atoms with E-state index in [1.165, 1.54) is 10.5 Å². The minimum atomic E-state index is -0.354. The maximum absolute atomic E-state index is 13.0. The molecule has 2 aliphatic heterocycles. The van der Waals surface area contributed by atoms with Crippen LogP contribution in [0, 0.1) is 0 Å². The van der Waals surface area contributed by atoms with Gasteiger partial charge in [-0.2, -0.15) is 0 Å². The van der Waals surface area contributed by atoms with Crippen molar-refractivity contribution < 1.29 is 14.3 Å². The first-order valence-corrected chi connectivity index (χ1v) is 10.3. The molecule has 0 aromatic heterocycles. The van der Waals surface area contributed by atoms with Crippen molar-refractivity contribution in [2.45, 2.75) is 25.9 Å². The summed E-state index contributed by atoms with van der Waals surface area (Å²) in [4.78, 5) is 31.5. The molecule has 29 heavy (non-hydrogen) atoms. The highest BCUT2D eigenvalue weighted by atomic mass is 16.5. The van der Waals surface area contributed by atoms with Gasteiger partial charge in [0.2, 0.25) is 5.91 Å². The van der Waals surface area contributed by atoms with Crippen LogP contribution in [0.3, 0.4) is 0 Å². The number of benzene rings is 2. The third kappa shape index (κ3) is 4.33. The van der Waals surface area contributed by atoms with Crippen LogP contribution in [0.5, 0.6) is 5.75 Å². The average molecular weight is 393 g/mol. The fourth-order valence-corrected chi connectivity index (χ4v) is 4.11. The Hall–Kier alpha value is -2.70. The Morgan fingerprint density at radius 2 is 1.62 bits per heavy atom. The monoisotopic (exact) mass is 393 g/mol. The van der Waals surface area contributed by atoms with Crippen molar-refractivity contribution in [3.05, 3.63) is 60.2 Å². The van der Waals surface area contributed by atoms with Gasteiger partial charge < -0.3 is 4.74 Å². The van der Waals surface area contributed by atoms with Crippen molar-refractivity contribution in [3.63, 3.8) is 0 Å². The van der Waals surface area contributed by atoms with Gasteiger partial charge in [0.05, 0.1) is 24.8 Å². The average Bonchev–Trinajstić information content (AvgIpc) is 3.04.